The van der Waals surface area contributed by atoms with Crippen molar-refractivity contribution >= 4 is 11.9 Å². The Hall–Kier alpha value is -2.48. The quantitative estimate of drug-likeness (QED) is 0.239. The number of carbonyl (C=O) groups is 2. The first-order valence-corrected chi connectivity index (χ1v) is 13.3. The molecule has 0 aliphatic carbocycles. The standard InChI is InChI=1S/C30H44O7/c1-20(6-10-25(19-31)22(3)9-13-28(32)33)7-11-26-23(4)14-16-30(36-26)17-15-24(5)27(37-30)12-8-21(2)18-29(34)35/h6-10,12-13,18,22-27,31H,11,14-17,19H2,1-5H3,(H,32,33)(H,34,35)/b10-6+,12-8+,13-9+,20-7+,21-18+/t22-,23-,24?,25+,26?,27?,30-/m0/s1. The fraction of sp³-hybridized carbons (Fsp3) is 0.600. The van der Waals surface area contributed by atoms with E-state index in [1.54, 1.807) is 13.0 Å². The zero-order valence-corrected chi connectivity index (χ0v) is 22.8. The lowest BCUT2D eigenvalue weighted by Crippen LogP contribution is -2.51. The first-order valence-electron chi connectivity index (χ1n) is 13.3. The van der Waals surface area contributed by atoms with E-state index in [0.29, 0.717) is 17.4 Å². The van der Waals surface area contributed by atoms with Crippen LogP contribution in [0, 0.1) is 23.7 Å². The van der Waals surface area contributed by atoms with Gasteiger partial charge in [0.15, 0.2) is 5.79 Å². The summed E-state index contributed by atoms with van der Waals surface area (Å²) in [5.41, 5.74) is 1.73. The fourth-order valence-electron chi connectivity index (χ4n) is 4.81. The number of ether oxygens (including phenoxy) is 2. The molecule has 0 radical (unpaired) electrons. The first-order chi connectivity index (χ1) is 17.4. The minimum absolute atomic E-state index is 0.0230. The van der Waals surface area contributed by atoms with E-state index in [1.807, 2.05) is 38.2 Å². The third-order valence-corrected chi connectivity index (χ3v) is 7.48. The normalized spacial score (nSPS) is 31.4. The van der Waals surface area contributed by atoms with Gasteiger partial charge in [0.1, 0.15) is 0 Å². The van der Waals surface area contributed by atoms with E-state index < -0.39 is 17.7 Å². The van der Waals surface area contributed by atoms with Crippen LogP contribution in [0.15, 0.2) is 59.8 Å². The van der Waals surface area contributed by atoms with Crippen molar-refractivity contribution in [2.45, 2.75) is 84.7 Å². The molecule has 7 atom stereocenters. The molecule has 0 aromatic rings. The molecule has 37 heavy (non-hydrogen) atoms. The molecule has 0 amide bonds. The van der Waals surface area contributed by atoms with E-state index in [1.165, 1.54) is 6.08 Å². The Bertz CT molecular complexity index is 924. The second-order valence-corrected chi connectivity index (χ2v) is 10.7. The maximum absolute atomic E-state index is 10.9. The highest BCUT2D eigenvalue weighted by Gasteiger charge is 2.45. The van der Waals surface area contributed by atoms with Gasteiger partial charge in [-0.1, -0.05) is 62.8 Å². The highest BCUT2D eigenvalue weighted by atomic mass is 16.7. The van der Waals surface area contributed by atoms with Crippen LogP contribution in [-0.4, -0.2) is 51.9 Å². The Labute approximate surface area is 221 Å². The molecular formula is C30H44O7. The number of carboxylic acids is 2. The van der Waals surface area contributed by atoms with Crippen LogP contribution in [0.5, 0.6) is 0 Å². The molecule has 0 saturated carbocycles. The summed E-state index contributed by atoms with van der Waals surface area (Å²) in [6, 6.07) is 0. The van der Waals surface area contributed by atoms with Crippen LogP contribution in [0.25, 0.3) is 0 Å². The van der Waals surface area contributed by atoms with Gasteiger partial charge in [0.25, 0.3) is 0 Å². The predicted molar refractivity (Wildman–Crippen MR) is 144 cm³/mol. The molecule has 3 N–H and O–H groups in total. The van der Waals surface area contributed by atoms with Gasteiger partial charge in [0.2, 0.25) is 0 Å². The number of allylic oxidation sites excluding steroid dienone is 5. The van der Waals surface area contributed by atoms with Gasteiger partial charge in [-0.05, 0) is 56.4 Å². The van der Waals surface area contributed by atoms with Gasteiger partial charge in [-0.3, -0.25) is 0 Å². The second-order valence-electron chi connectivity index (χ2n) is 10.7. The van der Waals surface area contributed by atoms with Gasteiger partial charge in [-0.2, -0.15) is 0 Å². The Morgan fingerprint density at radius 2 is 1.62 bits per heavy atom. The average Bonchev–Trinajstić information content (AvgIpc) is 2.84. The summed E-state index contributed by atoms with van der Waals surface area (Å²) in [6.45, 7) is 9.96. The monoisotopic (exact) mass is 516 g/mol. The lowest BCUT2D eigenvalue weighted by molar-refractivity contribution is -0.323. The Balaban J connectivity index is 2.04. The van der Waals surface area contributed by atoms with Crippen LogP contribution in [-0.2, 0) is 19.1 Å². The zero-order chi connectivity index (χ0) is 27.6. The maximum atomic E-state index is 10.9. The molecule has 2 saturated heterocycles. The van der Waals surface area contributed by atoms with Crippen LogP contribution >= 0.6 is 0 Å². The number of hydrogen-bond acceptors (Lipinski definition) is 5. The molecule has 1 spiro atoms. The van der Waals surface area contributed by atoms with E-state index in [0.717, 1.165) is 43.8 Å². The van der Waals surface area contributed by atoms with E-state index in [2.05, 4.69) is 19.9 Å². The molecule has 2 heterocycles. The molecule has 0 aromatic carbocycles. The highest BCUT2D eigenvalue weighted by Crippen LogP contribution is 2.43. The Morgan fingerprint density at radius 1 is 0.946 bits per heavy atom. The van der Waals surface area contributed by atoms with Crippen molar-refractivity contribution in [3.05, 3.63) is 59.8 Å². The minimum Gasteiger partial charge on any atom is -0.478 e. The van der Waals surface area contributed by atoms with Crippen LogP contribution in [0.2, 0.25) is 0 Å². The fourth-order valence-corrected chi connectivity index (χ4v) is 4.81. The first kappa shape index (κ1) is 30.7. The third kappa shape index (κ3) is 10.1. The van der Waals surface area contributed by atoms with Crippen LogP contribution in [0.1, 0.15) is 66.7 Å². The van der Waals surface area contributed by atoms with E-state index in [4.69, 9.17) is 19.7 Å². The van der Waals surface area contributed by atoms with Gasteiger partial charge in [0, 0.05) is 37.5 Å². The van der Waals surface area contributed by atoms with Crippen molar-refractivity contribution in [2.75, 3.05) is 6.61 Å². The summed E-state index contributed by atoms with van der Waals surface area (Å²) >= 11 is 0. The Kier molecular flexibility index (Phi) is 12.0. The van der Waals surface area contributed by atoms with Crippen LogP contribution < -0.4 is 0 Å². The SMILES string of the molecule is CC(/C=C/[C@H](CO)[C@@H](C)/C=C/C(=O)O)=C\CC1O[C@@]2(CCC(C)C(/C=C/C(C)=C/C(=O)O)O2)CC[C@@H]1C. The smallest absolute Gasteiger partial charge is 0.328 e. The van der Waals surface area contributed by atoms with Crippen molar-refractivity contribution in [3.63, 3.8) is 0 Å². The highest BCUT2D eigenvalue weighted by molar-refractivity contribution is 5.81. The summed E-state index contributed by atoms with van der Waals surface area (Å²) in [4.78, 5) is 21.7. The van der Waals surface area contributed by atoms with Gasteiger partial charge in [-0.25, -0.2) is 9.59 Å². The summed E-state index contributed by atoms with van der Waals surface area (Å²) in [6.07, 6.45) is 18.0. The van der Waals surface area contributed by atoms with Gasteiger partial charge >= 0.3 is 11.9 Å². The zero-order valence-electron chi connectivity index (χ0n) is 22.8. The van der Waals surface area contributed by atoms with Crippen molar-refractivity contribution in [3.8, 4) is 0 Å². The molecular weight excluding hydrogens is 472 g/mol. The predicted octanol–water partition coefficient (Wildman–Crippen LogP) is 5.68. The van der Waals surface area contributed by atoms with Gasteiger partial charge < -0.3 is 24.8 Å². The van der Waals surface area contributed by atoms with Crippen molar-refractivity contribution < 1.29 is 34.4 Å². The number of carboxylic acid groups (broad SMARTS) is 2. The van der Waals surface area contributed by atoms with E-state index in [9.17, 15) is 14.7 Å². The number of hydrogen-bond donors (Lipinski definition) is 3. The molecule has 206 valence electrons. The summed E-state index contributed by atoms with van der Waals surface area (Å²) in [5, 5.41) is 27.5. The van der Waals surface area contributed by atoms with E-state index >= 15 is 0 Å². The molecule has 2 aliphatic heterocycles. The number of aliphatic hydroxyl groups is 1. The molecule has 2 fully saturated rings. The van der Waals surface area contributed by atoms with Crippen molar-refractivity contribution in [1.29, 1.82) is 0 Å². The topological polar surface area (TPSA) is 113 Å². The van der Waals surface area contributed by atoms with Crippen molar-refractivity contribution in [1.82, 2.24) is 0 Å². The maximum Gasteiger partial charge on any atom is 0.328 e. The van der Waals surface area contributed by atoms with E-state index in [-0.39, 0.29) is 30.7 Å². The molecule has 0 aromatic heterocycles. The van der Waals surface area contributed by atoms with Gasteiger partial charge in [0.05, 0.1) is 12.2 Å². The summed E-state index contributed by atoms with van der Waals surface area (Å²) < 4.78 is 13.2. The number of aliphatic carboxylic acids is 2. The van der Waals surface area contributed by atoms with Gasteiger partial charge in [-0.15, -0.1) is 0 Å². The minimum atomic E-state index is -0.994. The summed E-state index contributed by atoms with van der Waals surface area (Å²) in [7, 11) is 0. The van der Waals surface area contributed by atoms with Crippen LogP contribution in [0.3, 0.4) is 0 Å². The van der Waals surface area contributed by atoms with Crippen LogP contribution in [0.4, 0.5) is 0 Å². The molecule has 0 bridgehead atoms. The average molecular weight is 517 g/mol. The Morgan fingerprint density at radius 3 is 2.24 bits per heavy atom. The molecule has 2 rings (SSSR count). The number of aliphatic hydroxyl groups excluding tert-OH is 1. The molecule has 2 aliphatic rings. The van der Waals surface area contributed by atoms with Crippen molar-refractivity contribution in [2.24, 2.45) is 23.7 Å². The lowest BCUT2D eigenvalue weighted by atomic mass is 9.83. The molecule has 7 heteroatoms. The largest absolute Gasteiger partial charge is 0.478 e. The second kappa shape index (κ2) is 14.5. The lowest BCUT2D eigenvalue weighted by Gasteiger charge is -2.49. The molecule has 7 nitrogen and oxygen atoms in total. The summed E-state index contributed by atoms with van der Waals surface area (Å²) in [5.74, 6) is -2.12. The number of rotatable bonds is 11. The molecule has 3 unspecified atom stereocenters. The third-order valence-electron chi connectivity index (χ3n) is 7.48.